The van der Waals surface area contributed by atoms with Crippen molar-refractivity contribution in [2.45, 2.75) is 0 Å². The van der Waals surface area contributed by atoms with Gasteiger partial charge in [-0.25, -0.2) is 0 Å². The van der Waals surface area contributed by atoms with Gasteiger partial charge in [0.25, 0.3) is 5.91 Å². The second-order valence-corrected chi connectivity index (χ2v) is 6.49. The van der Waals surface area contributed by atoms with Crippen LogP contribution >= 0.6 is 11.8 Å². The van der Waals surface area contributed by atoms with Crippen LogP contribution in [-0.2, 0) is 9.59 Å². The molecule has 1 N–H and O–H groups in total. The van der Waals surface area contributed by atoms with Gasteiger partial charge in [-0.05, 0) is 30.3 Å². The number of rotatable bonds is 3. The lowest BCUT2D eigenvalue weighted by Gasteiger charge is -2.15. The van der Waals surface area contributed by atoms with E-state index in [4.69, 9.17) is 4.74 Å². The number of methoxy groups -OCH3 is 1. The normalized spacial score (nSPS) is 19.2. The number of hydrogen-bond donors (Lipinski definition) is 1. The van der Waals surface area contributed by atoms with Crippen molar-refractivity contribution in [3.63, 3.8) is 0 Å². The van der Waals surface area contributed by atoms with Crippen molar-refractivity contribution in [2.24, 2.45) is 10.2 Å². The summed E-state index contributed by atoms with van der Waals surface area (Å²) in [5.74, 6) is 0.584. The molecule has 4 rings (SSSR count). The molecule has 130 valence electrons. The summed E-state index contributed by atoms with van der Waals surface area (Å²) >= 11 is 1.29. The average molecular weight is 366 g/mol. The standard InChI is InChI=1S/C18H14N4O3S/c1-25-12-8-6-11(7-9-12)22-15(23)10-26-18(22)21-20-16-13-4-2-3-5-14(13)19-17(16)24/h2-9H,10H2,1H3,(H,19,20,24)/b21-18-. The summed E-state index contributed by atoms with van der Waals surface area (Å²) in [5.41, 5.74) is 2.32. The largest absolute Gasteiger partial charge is 0.497 e. The van der Waals surface area contributed by atoms with Gasteiger partial charge in [0.15, 0.2) is 10.9 Å². The van der Waals surface area contributed by atoms with Crippen LogP contribution < -0.4 is 15.0 Å². The molecule has 0 atom stereocenters. The van der Waals surface area contributed by atoms with Gasteiger partial charge in [0.2, 0.25) is 5.91 Å². The van der Waals surface area contributed by atoms with E-state index in [2.05, 4.69) is 15.5 Å². The number of anilines is 2. The topological polar surface area (TPSA) is 83.4 Å². The summed E-state index contributed by atoms with van der Waals surface area (Å²) in [6.07, 6.45) is 0. The van der Waals surface area contributed by atoms with Crippen molar-refractivity contribution >= 4 is 45.8 Å². The Morgan fingerprint density at radius 3 is 2.62 bits per heavy atom. The minimum Gasteiger partial charge on any atom is -0.497 e. The van der Waals surface area contributed by atoms with E-state index < -0.39 is 0 Å². The molecule has 2 heterocycles. The van der Waals surface area contributed by atoms with Gasteiger partial charge in [0.05, 0.1) is 24.2 Å². The molecular weight excluding hydrogens is 352 g/mol. The zero-order valence-corrected chi connectivity index (χ0v) is 14.6. The molecule has 2 aliphatic heterocycles. The number of amides is 2. The number of ether oxygens (including phenoxy) is 1. The van der Waals surface area contributed by atoms with Crippen molar-refractivity contribution in [1.82, 2.24) is 0 Å². The van der Waals surface area contributed by atoms with Crippen LogP contribution in [0.15, 0.2) is 58.7 Å². The van der Waals surface area contributed by atoms with Crippen molar-refractivity contribution < 1.29 is 14.3 Å². The Labute approximate surface area is 153 Å². The summed E-state index contributed by atoms with van der Waals surface area (Å²) in [4.78, 5) is 25.9. The van der Waals surface area contributed by atoms with Gasteiger partial charge in [-0.2, -0.15) is 0 Å². The van der Waals surface area contributed by atoms with Crippen LogP contribution in [0, 0.1) is 0 Å². The van der Waals surface area contributed by atoms with Crippen LogP contribution in [0.4, 0.5) is 11.4 Å². The number of amidine groups is 1. The van der Waals surface area contributed by atoms with Crippen LogP contribution in [0.25, 0.3) is 0 Å². The molecule has 2 aliphatic rings. The van der Waals surface area contributed by atoms with Crippen molar-refractivity contribution in [3.05, 3.63) is 54.1 Å². The molecule has 2 aromatic rings. The number of benzene rings is 2. The molecule has 0 aromatic heterocycles. The van der Waals surface area contributed by atoms with E-state index in [9.17, 15) is 9.59 Å². The van der Waals surface area contributed by atoms with Crippen molar-refractivity contribution in [2.75, 3.05) is 23.1 Å². The molecule has 26 heavy (non-hydrogen) atoms. The molecular formula is C18H14N4O3S. The van der Waals surface area contributed by atoms with Gasteiger partial charge in [0.1, 0.15) is 5.75 Å². The van der Waals surface area contributed by atoms with E-state index in [-0.39, 0.29) is 23.3 Å². The monoisotopic (exact) mass is 366 g/mol. The molecule has 0 unspecified atom stereocenters. The van der Waals surface area contributed by atoms with E-state index in [1.165, 1.54) is 16.7 Å². The average Bonchev–Trinajstić information content (AvgIpc) is 3.19. The van der Waals surface area contributed by atoms with Crippen LogP contribution in [0.2, 0.25) is 0 Å². The van der Waals surface area contributed by atoms with Gasteiger partial charge in [-0.15, -0.1) is 10.2 Å². The SMILES string of the molecule is COc1ccc(N2C(=O)CS/C2=N\N=C2/C(=O)Nc3ccccc32)cc1. The van der Waals surface area contributed by atoms with Gasteiger partial charge < -0.3 is 10.1 Å². The maximum absolute atomic E-state index is 12.3. The second kappa shape index (κ2) is 6.64. The number of carbonyl (C=O) groups is 2. The summed E-state index contributed by atoms with van der Waals surface area (Å²) in [6.45, 7) is 0. The molecule has 0 radical (unpaired) electrons. The van der Waals surface area contributed by atoms with Crippen molar-refractivity contribution in [3.8, 4) is 5.75 Å². The minimum atomic E-state index is -0.305. The predicted octanol–water partition coefficient (Wildman–Crippen LogP) is 2.49. The lowest BCUT2D eigenvalue weighted by Crippen LogP contribution is -2.29. The first kappa shape index (κ1) is 16.3. The Morgan fingerprint density at radius 2 is 1.85 bits per heavy atom. The number of fused-ring (bicyclic) bond motifs is 1. The highest BCUT2D eigenvalue weighted by molar-refractivity contribution is 8.15. The Morgan fingerprint density at radius 1 is 1.08 bits per heavy atom. The quantitative estimate of drug-likeness (QED) is 0.846. The molecule has 0 aliphatic carbocycles. The summed E-state index contributed by atoms with van der Waals surface area (Å²) < 4.78 is 5.14. The highest BCUT2D eigenvalue weighted by Crippen LogP contribution is 2.29. The first-order chi connectivity index (χ1) is 12.7. The van der Waals surface area contributed by atoms with Gasteiger partial charge in [-0.1, -0.05) is 30.0 Å². The fraction of sp³-hybridized carbons (Fsp3) is 0.111. The zero-order valence-electron chi connectivity index (χ0n) is 13.8. The second-order valence-electron chi connectivity index (χ2n) is 5.55. The molecule has 8 heteroatoms. The van der Waals surface area contributed by atoms with Crippen LogP contribution in [0.5, 0.6) is 5.75 Å². The first-order valence-corrected chi connectivity index (χ1v) is 8.82. The number of thioether (sulfide) groups is 1. The van der Waals surface area contributed by atoms with Crippen LogP contribution in [0.1, 0.15) is 5.56 Å². The molecule has 1 saturated heterocycles. The van der Waals surface area contributed by atoms with E-state index >= 15 is 0 Å². The number of para-hydroxylation sites is 1. The Bertz CT molecular complexity index is 953. The molecule has 0 saturated carbocycles. The maximum atomic E-state index is 12.3. The van der Waals surface area contributed by atoms with E-state index in [1.54, 1.807) is 43.5 Å². The molecule has 2 amide bonds. The fourth-order valence-electron chi connectivity index (χ4n) is 2.72. The fourth-order valence-corrected chi connectivity index (χ4v) is 3.53. The van der Waals surface area contributed by atoms with Crippen LogP contribution in [0.3, 0.4) is 0 Å². The van der Waals surface area contributed by atoms with Crippen molar-refractivity contribution in [1.29, 1.82) is 0 Å². The van der Waals surface area contributed by atoms with Gasteiger partial charge >= 0.3 is 0 Å². The Kier molecular flexibility index (Phi) is 4.18. The lowest BCUT2D eigenvalue weighted by atomic mass is 10.1. The number of hydrogen-bond acceptors (Lipinski definition) is 6. The summed E-state index contributed by atoms with van der Waals surface area (Å²) in [6, 6.07) is 14.4. The third kappa shape index (κ3) is 2.84. The summed E-state index contributed by atoms with van der Waals surface area (Å²) in [5, 5.41) is 11.5. The zero-order chi connectivity index (χ0) is 18.1. The third-order valence-corrected chi connectivity index (χ3v) is 4.89. The van der Waals surface area contributed by atoms with E-state index in [0.717, 1.165) is 0 Å². The van der Waals surface area contributed by atoms with Gasteiger partial charge in [-0.3, -0.25) is 14.5 Å². The first-order valence-electron chi connectivity index (χ1n) is 7.83. The number of carbonyl (C=O) groups excluding carboxylic acids is 2. The number of nitrogens with one attached hydrogen (secondary N) is 1. The maximum Gasteiger partial charge on any atom is 0.276 e. The Hall–Kier alpha value is -3.13. The summed E-state index contributed by atoms with van der Waals surface area (Å²) in [7, 11) is 1.58. The lowest BCUT2D eigenvalue weighted by molar-refractivity contribution is -0.115. The molecule has 7 nitrogen and oxygen atoms in total. The predicted molar refractivity (Wildman–Crippen MR) is 102 cm³/mol. The highest BCUT2D eigenvalue weighted by Gasteiger charge is 2.31. The molecule has 0 bridgehead atoms. The highest BCUT2D eigenvalue weighted by atomic mass is 32.2. The molecule has 0 spiro atoms. The van der Waals surface area contributed by atoms with E-state index in [1.807, 2.05) is 12.1 Å². The molecule has 1 fully saturated rings. The smallest absolute Gasteiger partial charge is 0.276 e. The number of nitrogens with zero attached hydrogens (tertiary/aromatic N) is 3. The minimum absolute atomic E-state index is 0.0876. The Balaban J connectivity index is 1.67. The van der Waals surface area contributed by atoms with Gasteiger partial charge in [0, 0.05) is 5.56 Å². The molecule has 2 aromatic carbocycles. The van der Waals surface area contributed by atoms with Crippen LogP contribution in [-0.4, -0.2) is 35.6 Å². The van der Waals surface area contributed by atoms with E-state index in [0.29, 0.717) is 27.9 Å². The third-order valence-electron chi connectivity index (χ3n) is 3.98.